The van der Waals surface area contributed by atoms with Gasteiger partial charge in [0, 0.05) is 12.2 Å². The van der Waals surface area contributed by atoms with Gasteiger partial charge in [0.25, 0.3) is 5.56 Å². The first-order chi connectivity index (χ1) is 14.4. The average molecular weight is 431 g/mol. The molecule has 9 heteroatoms. The summed E-state index contributed by atoms with van der Waals surface area (Å²) < 4.78 is 30.2. The number of ether oxygens (including phenoxy) is 1. The molecule has 1 aromatic heterocycles. The van der Waals surface area contributed by atoms with E-state index in [0.717, 1.165) is 11.8 Å². The van der Waals surface area contributed by atoms with Gasteiger partial charge in [-0.2, -0.15) is 8.78 Å². The zero-order chi connectivity index (χ0) is 21.7. The maximum absolute atomic E-state index is 12.8. The number of amides is 1. The van der Waals surface area contributed by atoms with E-state index in [0.29, 0.717) is 21.7 Å². The van der Waals surface area contributed by atoms with Gasteiger partial charge in [0.15, 0.2) is 5.16 Å². The first-order valence-corrected chi connectivity index (χ1v) is 9.90. The summed E-state index contributed by atoms with van der Waals surface area (Å²) in [5.74, 6) is -0.325. The van der Waals surface area contributed by atoms with Crippen LogP contribution >= 0.6 is 11.8 Å². The summed E-state index contributed by atoms with van der Waals surface area (Å²) in [5.41, 5.74) is 0.779. The van der Waals surface area contributed by atoms with E-state index >= 15 is 0 Å². The molecule has 0 bridgehead atoms. The molecule has 0 aliphatic rings. The van der Waals surface area contributed by atoms with Gasteiger partial charge in [-0.3, -0.25) is 14.2 Å². The van der Waals surface area contributed by atoms with Crippen LogP contribution in [0.3, 0.4) is 0 Å². The topological polar surface area (TPSA) is 73.2 Å². The number of halogens is 2. The molecule has 1 amide bonds. The normalized spacial score (nSPS) is 12.0. The summed E-state index contributed by atoms with van der Waals surface area (Å²) in [4.78, 5) is 29.9. The SMILES string of the molecule is C=CCn1c(SC(C)C(=O)Nc2ccc(OC(F)F)cc2)nc2ccccc2c1=O. The summed E-state index contributed by atoms with van der Waals surface area (Å²) in [7, 11) is 0. The highest BCUT2D eigenvalue weighted by molar-refractivity contribution is 8.00. The third-order valence-electron chi connectivity index (χ3n) is 4.14. The lowest BCUT2D eigenvalue weighted by Crippen LogP contribution is -2.26. The van der Waals surface area contributed by atoms with Crippen LogP contribution in [0, 0.1) is 0 Å². The highest BCUT2D eigenvalue weighted by Crippen LogP contribution is 2.24. The van der Waals surface area contributed by atoms with Crippen molar-refractivity contribution in [3.63, 3.8) is 0 Å². The molecule has 3 aromatic rings. The fraction of sp³-hybridized carbons (Fsp3) is 0.190. The lowest BCUT2D eigenvalue weighted by atomic mass is 10.2. The first-order valence-electron chi connectivity index (χ1n) is 9.02. The molecule has 0 radical (unpaired) electrons. The summed E-state index contributed by atoms with van der Waals surface area (Å²) >= 11 is 1.15. The standard InChI is InChI=1S/C21H19F2N3O3S/c1-3-12-26-19(28)16-6-4-5-7-17(16)25-21(26)30-13(2)18(27)24-14-8-10-15(11-9-14)29-20(22)23/h3-11,13,20H,1,12H2,2H3,(H,24,27). The van der Waals surface area contributed by atoms with Crippen molar-refractivity contribution >= 4 is 34.3 Å². The maximum atomic E-state index is 12.8. The molecule has 1 N–H and O–H groups in total. The first kappa shape index (κ1) is 21.5. The minimum Gasteiger partial charge on any atom is -0.435 e. The third kappa shape index (κ3) is 5.04. The number of fused-ring (bicyclic) bond motifs is 1. The van der Waals surface area contributed by atoms with E-state index in [1.54, 1.807) is 37.3 Å². The van der Waals surface area contributed by atoms with Gasteiger partial charge >= 0.3 is 6.61 Å². The summed E-state index contributed by atoms with van der Waals surface area (Å²) in [6.45, 7) is 2.72. The van der Waals surface area contributed by atoms with Crippen LogP contribution in [0.15, 0.2) is 71.1 Å². The Morgan fingerprint density at radius 1 is 1.27 bits per heavy atom. The van der Waals surface area contributed by atoms with Crippen LogP contribution in [-0.2, 0) is 11.3 Å². The molecule has 0 saturated carbocycles. The Balaban J connectivity index is 1.77. The average Bonchev–Trinajstić information content (AvgIpc) is 2.72. The molecule has 6 nitrogen and oxygen atoms in total. The van der Waals surface area contributed by atoms with E-state index < -0.39 is 11.9 Å². The van der Waals surface area contributed by atoms with Gasteiger partial charge in [0.1, 0.15) is 5.75 Å². The van der Waals surface area contributed by atoms with E-state index in [1.807, 2.05) is 0 Å². The fourth-order valence-electron chi connectivity index (χ4n) is 2.70. The van der Waals surface area contributed by atoms with Gasteiger partial charge in [-0.15, -0.1) is 6.58 Å². The van der Waals surface area contributed by atoms with Crippen LogP contribution in [0.5, 0.6) is 5.75 Å². The molecular weight excluding hydrogens is 412 g/mol. The van der Waals surface area contributed by atoms with Gasteiger partial charge in [-0.1, -0.05) is 30.0 Å². The number of benzene rings is 2. The Morgan fingerprint density at radius 2 is 1.97 bits per heavy atom. The lowest BCUT2D eigenvalue weighted by molar-refractivity contribution is -0.115. The predicted octanol–water partition coefficient (Wildman–Crippen LogP) is 4.30. The molecule has 0 saturated heterocycles. The quantitative estimate of drug-likeness (QED) is 0.327. The highest BCUT2D eigenvalue weighted by Gasteiger charge is 2.19. The van der Waals surface area contributed by atoms with Crippen LogP contribution in [0.2, 0.25) is 0 Å². The number of allylic oxidation sites excluding steroid dienone is 1. The zero-order valence-corrected chi connectivity index (χ0v) is 16.9. The molecule has 156 valence electrons. The van der Waals surface area contributed by atoms with Crippen LogP contribution in [0.1, 0.15) is 6.92 Å². The maximum Gasteiger partial charge on any atom is 0.387 e. The van der Waals surface area contributed by atoms with Crippen molar-refractivity contribution in [1.29, 1.82) is 0 Å². The second-order valence-corrected chi connectivity index (χ2v) is 7.58. The van der Waals surface area contributed by atoms with Gasteiger partial charge in [0.05, 0.1) is 16.2 Å². The number of para-hydroxylation sites is 1. The number of carbonyl (C=O) groups is 1. The summed E-state index contributed by atoms with van der Waals surface area (Å²) in [6, 6.07) is 12.6. The molecular formula is C21H19F2N3O3S. The fourth-order valence-corrected chi connectivity index (χ4v) is 3.62. The van der Waals surface area contributed by atoms with Crippen molar-refractivity contribution in [3.05, 3.63) is 71.5 Å². The third-order valence-corrected chi connectivity index (χ3v) is 5.23. The monoisotopic (exact) mass is 431 g/mol. The van der Waals surface area contributed by atoms with Gasteiger partial charge in [-0.05, 0) is 43.3 Å². The van der Waals surface area contributed by atoms with Gasteiger partial charge in [0.2, 0.25) is 5.91 Å². The Hall–Kier alpha value is -3.20. The molecule has 0 aliphatic carbocycles. The number of carbonyl (C=O) groups excluding carboxylic acids is 1. The van der Waals surface area contributed by atoms with Crippen LogP contribution in [0.4, 0.5) is 14.5 Å². The van der Waals surface area contributed by atoms with E-state index in [2.05, 4.69) is 21.6 Å². The number of nitrogens with zero attached hydrogens (tertiary/aromatic N) is 2. The molecule has 1 heterocycles. The second-order valence-electron chi connectivity index (χ2n) is 6.27. The molecule has 0 aliphatic heterocycles. The molecule has 3 rings (SSSR count). The molecule has 30 heavy (non-hydrogen) atoms. The van der Waals surface area contributed by atoms with Crippen LogP contribution < -0.4 is 15.6 Å². The number of nitrogens with one attached hydrogen (secondary N) is 1. The largest absolute Gasteiger partial charge is 0.435 e. The molecule has 1 unspecified atom stereocenters. The van der Waals surface area contributed by atoms with Crippen molar-refractivity contribution in [2.45, 2.75) is 30.5 Å². The van der Waals surface area contributed by atoms with Crippen molar-refractivity contribution in [1.82, 2.24) is 9.55 Å². The molecule has 2 aromatic carbocycles. The Morgan fingerprint density at radius 3 is 2.63 bits per heavy atom. The van der Waals surface area contributed by atoms with E-state index in [1.165, 1.54) is 28.8 Å². The van der Waals surface area contributed by atoms with Crippen LogP contribution in [-0.4, -0.2) is 27.3 Å². The predicted molar refractivity (Wildman–Crippen MR) is 113 cm³/mol. The van der Waals surface area contributed by atoms with E-state index in [9.17, 15) is 18.4 Å². The molecule has 1 atom stereocenters. The van der Waals surface area contributed by atoms with Gasteiger partial charge in [-0.25, -0.2) is 4.98 Å². The van der Waals surface area contributed by atoms with E-state index in [-0.39, 0.29) is 23.8 Å². The van der Waals surface area contributed by atoms with Crippen molar-refractivity contribution in [2.24, 2.45) is 0 Å². The summed E-state index contributed by atoms with van der Waals surface area (Å²) in [5, 5.41) is 3.03. The minimum atomic E-state index is -2.91. The lowest BCUT2D eigenvalue weighted by Gasteiger charge is -2.15. The van der Waals surface area contributed by atoms with Crippen LogP contribution in [0.25, 0.3) is 10.9 Å². The Labute approximate surface area is 175 Å². The number of thioether (sulfide) groups is 1. The smallest absolute Gasteiger partial charge is 0.387 e. The number of alkyl halides is 2. The number of hydrogen-bond donors (Lipinski definition) is 1. The number of aromatic nitrogens is 2. The van der Waals surface area contributed by atoms with Crippen molar-refractivity contribution in [2.75, 3.05) is 5.32 Å². The number of hydrogen-bond acceptors (Lipinski definition) is 5. The molecule has 0 spiro atoms. The van der Waals surface area contributed by atoms with Crippen molar-refractivity contribution < 1.29 is 18.3 Å². The zero-order valence-electron chi connectivity index (χ0n) is 16.0. The second kappa shape index (κ2) is 9.53. The van der Waals surface area contributed by atoms with Crippen molar-refractivity contribution in [3.8, 4) is 5.75 Å². The highest BCUT2D eigenvalue weighted by atomic mass is 32.2. The van der Waals surface area contributed by atoms with Gasteiger partial charge < -0.3 is 10.1 Å². The van der Waals surface area contributed by atoms with E-state index in [4.69, 9.17) is 0 Å². The Kier molecular flexibility index (Phi) is 6.83. The minimum absolute atomic E-state index is 0.000715. The summed E-state index contributed by atoms with van der Waals surface area (Å²) in [6.07, 6.45) is 1.59. The number of rotatable bonds is 8. The Bertz CT molecular complexity index is 1120. The molecule has 0 fully saturated rings. The number of anilines is 1.